The van der Waals surface area contributed by atoms with Gasteiger partial charge in [-0.1, -0.05) is 17.7 Å². The van der Waals surface area contributed by atoms with E-state index in [2.05, 4.69) is 5.32 Å². The van der Waals surface area contributed by atoms with Crippen molar-refractivity contribution in [2.45, 2.75) is 75.1 Å². The summed E-state index contributed by atoms with van der Waals surface area (Å²) in [4.78, 5) is 13.2. The lowest BCUT2D eigenvalue weighted by Gasteiger charge is -2.57. The van der Waals surface area contributed by atoms with E-state index in [-0.39, 0.29) is 22.3 Å². The first kappa shape index (κ1) is 21.7. The van der Waals surface area contributed by atoms with Crippen molar-refractivity contribution in [1.82, 2.24) is 9.62 Å². The first-order valence-corrected chi connectivity index (χ1v) is 13.6. The third kappa shape index (κ3) is 4.16. The number of rotatable bonds is 5. The smallest absolute Gasteiger partial charge is 0.243 e. The molecule has 5 fully saturated rings. The van der Waals surface area contributed by atoms with Gasteiger partial charge in [-0.25, -0.2) is 8.42 Å². The topological polar surface area (TPSA) is 66.5 Å². The van der Waals surface area contributed by atoms with Gasteiger partial charge in [0.1, 0.15) is 0 Å². The Balaban J connectivity index is 1.17. The molecule has 0 spiro atoms. The van der Waals surface area contributed by atoms with Crippen LogP contribution in [0.2, 0.25) is 5.02 Å². The molecule has 4 aliphatic carbocycles. The molecule has 1 aromatic rings. The van der Waals surface area contributed by atoms with Crippen molar-refractivity contribution in [2.75, 3.05) is 13.1 Å². The highest BCUT2D eigenvalue weighted by Gasteiger charge is 2.51. The molecule has 0 atom stereocenters. The maximum absolute atomic E-state index is 13.1. The van der Waals surface area contributed by atoms with E-state index in [1.807, 2.05) is 0 Å². The van der Waals surface area contributed by atoms with Crippen LogP contribution in [0.15, 0.2) is 23.1 Å². The van der Waals surface area contributed by atoms with Gasteiger partial charge >= 0.3 is 0 Å². The highest BCUT2D eigenvalue weighted by Crippen LogP contribution is 2.55. The van der Waals surface area contributed by atoms with Crippen LogP contribution in [0.5, 0.6) is 0 Å². The molecule has 7 heteroatoms. The Morgan fingerprint density at radius 3 is 2.26 bits per heavy atom. The van der Waals surface area contributed by atoms with Gasteiger partial charge in [-0.3, -0.25) is 4.79 Å². The molecular weight excluding hydrogens is 432 g/mol. The van der Waals surface area contributed by atoms with Crippen LogP contribution in [0.3, 0.4) is 0 Å². The molecule has 5 nitrogen and oxygen atoms in total. The highest BCUT2D eigenvalue weighted by atomic mass is 35.5. The Kier molecular flexibility index (Phi) is 5.63. The molecule has 1 saturated heterocycles. The van der Waals surface area contributed by atoms with Crippen LogP contribution >= 0.6 is 11.6 Å². The van der Waals surface area contributed by atoms with Gasteiger partial charge in [-0.2, -0.15) is 4.31 Å². The Morgan fingerprint density at radius 1 is 1.10 bits per heavy atom. The van der Waals surface area contributed by atoms with Crippen LogP contribution < -0.4 is 5.32 Å². The third-order valence-corrected chi connectivity index (χ3v) is 10.8. The first-order valence-electron chi connectivity index (χ1n) is 11.8. The zero-order valence-corrected chi connectivity index (χ0v) is 19.9. The average molecular weight is 465 g/mol. The number of amides is 1. The predicted molar refractivity (Wildman–Crippen MR) is 121 cm³/mol. The third-order valence-electron chi connectivity index (χ3n) is 8.33. The van der Waals surface area contributed by atoms with Gasteiger partial charge in [0.2, 0.25) is 15.9 Å². The van der Waals surface area contributed by atoms with Crippen molar-refractivity contribution in [2.24, 2.45) is 23.7 Å². The molecule has 1 amide bonds. The van der Waals surface area contributed by atoms with Gasteiger partial charge in [-0.15, -0.1) is 0 Å². The molecule has 0 radical (unpaired) electrons. The largest absolute Gasteiger partial charge is 0.351 e. The van der Waals surface area contributed by atoms with E-state index < -0.39 is 10.0 Å². The molecule has 4 saturated carbocycles. The monoisotopic (exact) mass is 464 g/mol. The zero-order chi connectivity index (χ0) is 21.8. The quantitative estimate of drug-likeness (QED) is 0.696. The number of nitrogens with one attached hydrogen (secondary N) is 1. The van der Waals surface area contributed by atoms with Crippen molar-refractivity contribution >= 4 is 27.5 Å². The number of benzene rings is 1. The van der Waals surface area contributed by atoms with Gasteiger partial charge in [0.05, 0.1) is 4.90 Å². The molecule has 0 unspecified atom stereocenters. The lowest BCUT2D eigenvalue weighted by molar-refractivity contribution is -0.128. The summed E-state index contributed by atoms with van der Waals surface area (Å²) in [5.41, 5.74) is 0.654. The summed E-state index contributed by atoms with van der Waals surface area (Å²) in [6.07, 6.45) is 9.59. The van der Waals surface area contributed by atoms with Gasteiger partial charge < -0.3 is 5.32 Å². The summed E-state index contributed by atoms with van der Waals surface area (Å²) in [6.45, 7) is 2.67. The molecule has 1 heterocycles. The van der Waals surface area contributed by atoms with Crippen LogP contribution in [0, 0.1) is 30.6 Å². The molecule has 4 bridgehead atoms. The molecule has 5 aliphatic rings. The number of carbonyl (C=O) groups is 1. The normalized spacial score (nSPS) is 33.5. The Labute approximate surface area is 191 Å². The molecule has 170 valence electrons. The number of hydrogen-bond donors (Lipinski definition) is 1. The lowest BCUT2D eigenvalue weighted by atomic mass is 9.53. The summed E-state index contributed by atoms with van der Waals surface area (Å²) < 4.78 is 27.7. The number of sulfonamides is 1. The van der Waals surface area contributed by atoms with Crippen LogP contribution in [0.1, 0.15) is 63.4 Å². The molecular formula is C24H33ClN2O3S. The first-order chi connectivity index (χ1) is 14.7. The number of hydrogen-bond acceptors (Lipinski definition) is 3. The van der Waals surface area contributed by atoms with E-state index in [0.29, 0.717) is 30.1 Å². The summed E-state index contributed by atoms with van der Waals surface area (Å²) in [6, 6.07) is 5.02. The Bertz CT molecular complexity index is 934. The zero-order valence-electron chi connectivity index (χ0n) is 18.3. The predicted octanol–water partition coefficient (Wildman–Crippen LogP) is 4.52. The average Bonchev–Trinajstić information content (AvgIpc) is 2.68. The molecule has 1 aromatic carbocycles. The number of carbonyl (C=O) groups excluding carboxylic acids is 1. The van der Waals surface area contributed by atoms with Crippen molar-refractivity contribution < 1.29 is 13.2 Å². The van der Waals surface area contributed by atoms with Crippen molar-refractivity contribution in [3.8, 4) is 0 Å². The van der Waals surface area contributed by atoms with Crippen molar-refractivity contribution in [3.63, 3.8) is 0 Å². The fraction of sp³-hybridized carbons (Fsp3) is 0.708. The van der Waals surface area contributed by atoms with Gasteiger partial charge in [0, 0.05) is 30.1 Å². The maximum atomic E-state index is 13.1. The van der Waals surface area contributed by atoms with E-state index in [0.717, 1.165) is 30.6 Å². The Hall–Kier alpha value is -1.11. The minimum atomic E-state index is -3.56. The van der Waals surface area contributed by atoms with Gasteiger partial charge in [-0.05, 0) is 99.7 Å². The van der Waals surface area contributed by atoms with Crippen LogP contribution in [0.4, 0.5) is 0 Å². The number of halogens is 1. The van der Waals surface area contributed by atoms with E-state index in [9.17, 15) is 13.2 Å². The summed E-state index contributed by atoms with van der Waals surface area (Å²) >= 11 is 6.14. The molecule has 6 rings (SSSR count). The van der Waals surface area contributed by atoms with Crippen LogP contribution in [0.25, 0.3) is 0 Å². The van der Waals surface area contributed by atoms with E-state index >= 15 is 0 Å². The number of nitrogens with zero attached hydrogens (tertiary/aromatic N) is 1. The molecule has 0 aromatic heterocycles. The highest BCUT2D eigenvalue weighted by molar-refractivity contribution is 7.89. The van der Waals surface area contributed by atoms with Crippen molar-refractivity contribution in [1.29, 1.82) is 0 Å². The van der Waals surface area contributed by atoms with Crippen LogP contribution in [-0.4, -0.2) is 37.3 Å². The van der Waals surface area contributed by atoms with E-state index in [1.165, 1.54) is 38.5 Å². The fourth-order valence-electron chi connectivity index (χ4n) is 7.23. The van der Waals surface area contributed by atoms with E-state index in [1.54, 1.807) is 29.4 Å². The lowest BCUT2D eigenvalue weighted by Crippen LogP contribution is -2.60. The molecule has 1 N–H and O–H groups in total. The number of piperidine rings is 1. The standard InChI is InChI=1S/C24H33ClN2O3S/c1-16-21(25)3-2-4-22(16)31(29,30)27-7-5-17(6-8-27)12-23(28)26-24-13-18-9-19(14-24)11-20(10-18)15-24/h2-4,17-20H,5-15H2,1H3,(H,26,28). The second kappa shape index (κ2) is 8.03. The molecule has 1 aliphatic heterocycles. The minimum Gasteiger partial charge on any atom is -0.351 e. The maximum Gasteiger partial charge on any atom is 0.243 e. The van der Waals surface area contributed by atoms with Crippen molar-refractivity contribution in [3.05, 3.63) is 28.8 Å². The van der Waals surface area contributed by atoms with E-state index in [4.69, 9.17) is 11.6 Å². The fourth-order valence-corrected chi connectivity index (χ4v) is 9.18. The second-order valence-corrected chi connectivity index (χ2v) is 13.0. The minimum absolute atomic E-state index is 0.0555. The summed E-state index contributed by atoms with van der Waals surface area (Å²) in [7, 11) is -3.56. The van der Waals surface area contributed by atoms with Crippen LogP contribution in [-0.2, 0) is 14.8 Å². The molecule has 31 heavy (non-hydrogen) atoms. The summed E-state index contributed by atoms with van der Waals surface area (Å²) in [5, 5.41) is 3.94. The van der Waals surface area contributed by atoms with Gasteiger partial charge in [0.25, 0.3) is 0 Å². The Morgan fingerprint density at radius 2 is 1.68 bits per heavy atom. The van der Waals surface area contributed by atoms with Gasteiger partial charge in [0.15, 0.2) is 0 Å². The summed E-state index contributed by atoms with van der Waals surface area (Å²) in [5.74, 6) is 2.87. The SMILES string of the molecule is Cc1c(Cl)cccc1S(=O)(=O)N1CCC(CC(=O)NC23CC4CC(CC(C4)C2)C3)CC1. The second-order valence-electron chi connectivity index (χ2n) is 10.7.